The van der Waals surface area contributed by atoms with E-state index in [-0.39, 0.29) is 16.2 Å². The van der Waals surface area contributed by atoms with Crippen LogP contribution in [0.1, 0.15) is 134 Å². The van der Waals surface area contributed by atoms with Crippen molar-refractivity contribution in [3.05, 3.63) is 150 Å². The van der Waals surface area contributed by atoms with Gasteiger partial charge in [0.25, 0.3) is 0 Å². The number of thiophene rings is 2. The topological polar surface area (TPSA) is 0 Å². The lowest BCUT2D eigenvalue weighted by atomic mass is 9.65. The minimum Gasteiger partial charge on any atom is -0.144 e. The van der Waals surface area contributed by atoms with E-state index in [1.165, 1.54) is 54.3 Å². The highest BCUT2D eigenvalue weighted by atomic mass is 32.1. The molecule has 2 heteroatoms. The van der Waals surface area contributed by atoms with Crippen LogP contribution in [0.4, 0.5) is 0 Å². The third kappa shape index (κ3) is 4.64. The number of hydrogen-bond donors (Lipinski definition) is 0. The van der Waals surface area contributed by atoms with Crippen LogP contribution in [0.15, 0.2) is 95.7 Å². The highest BCUT2D eigenvalue weighted by molar-refractivity contribution is 7.11. The van der Waals surface area contributed by atoms with Crippen LogP contribution < -0.4 is 0 Å². The van der Waals surface area contributed by atoms with E-state index in [1.807, 2.05) is 0 Å². The van der Waals surface area contributed by atoms with Gasteiger partial charge in [-0.1, -0.05) is 126 Å². The first-order valence-corrected chi connectivity index (χ1v) is 21.8. The first kappa shape index (κ1) is 34.5. The molecule has 9 rings (SSSR count). The average molecular weight is 727 g/mol. The Bertz CT molecular complexity index is 2350. The summed E-state index contributed by atoms with van der Waals surface area (Å²) in [5.41, 5.74) is 21.0. The van der Waals surface area contributed by atoms with Crippen molar-refractivity contribution in [1.29, 1.82) is 0 Å². The molecule has 3 aliphatic rings. The summed E-state index contributed by atoms with van der Waals surface area (Å²) < 4.78 is 0. The van der Waals surface area contributed by atoms with Gasteiger partial charge in [-0.15, -0.1) is 22.7 Å². The molecule has 6 aromatic rings. The fourth-order valence-electron chi connectivity index (χ4n) is 11.2. The number of hydrogen-bond acceptors (Lipinski definition) is 2. The second kappa shape index (κ2) is 13.0. The molecule has 0 nitrogen and oxygen atoms in total. The van der Waals surface area contributed by atoms with Gasteiger partial charge in [-0.05, 0) is 151 Å². The van der Waals surface area contributed by atoms with Crippen LogP contribution in [0, 0.1) is 0 Å². The molecule has 3 aliphatic carbocycles. The summed E-state index contributed by atoms with van der Waals surface area (Å²) in [7, 11) is 0. The van der Waals surface area contributed by atoms with Crippen molar-refractivity contribution in [2.75, 3.05) is 0 Å². The molecule has 0 N–H and O–H groups in total. The zero-order valence-electron chi connectivity index (χ0n) is 32.1. The molecule has 0 unspecified atom stereocenters. The predicted molar refractivity (Wildman–Crippen MR) is 233 cm³/mol. The summed E-state index contributed by atoms with van der Waals surface area (Å²) >= 11 is 3.60. The van der Waals surface area contributed by atoms with Crippen LogP contribution >= 0.6 is 22.7 Å². The summed E-state index contributed by atoms with van der Waals surface area (Å²) in [6.45, 7) is 14.7. The molecular formula is C51H50S2. The monoisotopic (exact) mass is 726 g/mol. The fourth-order valence-corrected chi connectivity index (χ4v) is 12.4. The highest BCUT2D eigenvalue weighted by Crippen LogP contribution is 2.70. The lowest BCUT2D eigenvalue weighted by Gasteiger charge is -2.37. The molecule has 53 heavy (non-hydrogen) atoms. The van der Waals surface area contributed by atoms with Gasteiger partial charge in [0.05, 0.1) is 0 Å². The molecule has 266 valence electrons. The molecule has 0 bridgehead atoms. The van der Waals surface area contributed by atoms with E-state index in [0.29, 0.717) is 0 Å². The first-order chi connectivity index (χ1) is 25.9. The minimum atomic E-state index is -0.0782. The Morgan fingerprint density at radius 1 is 0.415 bits per heavy atom. The molecule has 0 aliphatic heterocycles. The van der Waals surface area contributed by atoms with Gasteiger partial charge in [0.15, 0.2) is 0 Å². The predicted octanol–water partition coefficient (Wildman–Crippen LogP) is 15.4. The van der Waals surface area contributed by atoms with Crippen LogP contribution in [-0.4, -0.2) is 0 Å². The highest BCUT2D eigenvalue weighted by Gasteiger charge is 2.56. The Hall–Kier alpha value is -4.24. The molecular weight excluding hydrogens is 677 g/mol. The maximum atomic E-state index is 2.56. The van der Waals surface area contributed by atoms with Crippen molar-refractivity contribution in [1.82, 2.24) is 0 Å². The summed E-state index contributed by atoms with van der Waals surface area (Å²) in [6, 6.07) is 33.1. The zero-order chi connectivity index (χ0) is 36.5. The molecule has 2 heterocycles. The first-order valence-electron chi connectivity index (χ1n) is 20.0. The standard InChI is InChI=1S/C51H50S2/c1-7-49(8-2)40-20-14-13-19-37(40)43-46(49)44-38-27-23-33(21-25-35-17-15-29-52-35)31-41(38)51(11-5,12-6)48(44)45-39-28-24-34(22-26-36-18-16-30-53-36)32-42(39)50(9-3,10-4)47(43)45/h13-32H,7-12H2,1-6H3/b25-21+,26-22+. The quantitative estimate of drug-likeness (QED) is 0.132. The van der Waals surface area contributed by atoms with Crippen molar-refractivity contribution in [3.63, 3.8) is 0 Å². The number of benzene rings is 4. The summed E-state index contributed by atoms with van der Waals surface area (Å²) in [4.78, 5) is 2.60. The van der Waals surface area contributed by atoms with Gasteiger partial charge >= 0.3 is 0 Å². The van der Waals surface area contributed by atoms with E-state index in [9.17, 15) is 0 Å². The van der Waals surface area contributed by atoms with E-state index in [2.05, 4.69) is 162 Å². The Morgan fingerprint density at radius 2 is 0.811 bits per heavy atom. The fraction of sp³-hybridized carbons (Fsp3) is 0.294. The summed E-state index contributed by atoms with van der Waals surface area (Å²) in [6.07, 6.45) is 15.7. The molecule has 0 spiro atoms. The minimum absolute atomic E-state index is 0.0335. The molecule has 2 aromatic heterocycles. The van der Waals surface area contributed by atoms with Crippen LogP contribution in [0.5, 0.6) is 0 Å². The van der Waals surface area contributed by atoms with Gasteiger partial charge in [0.1, 0.15) is 0 Å². The average Bonchev–Trinajstić information content (AvgIpc) is 4.04. The SMILES string of the molecule is CCC1(CC)c2ccccc2-c2c1c1c(c3c2C(CC)(CC)c2cc(/C=C/c4cccs4)ccc2-3)C(CC)(CC)c2cc(/C=C/c3cccs3)ccc2-1. The molecule has 0 fully saturated rings. The van der Waals surface area contributed by atoms with Crippen molar-refractivity contribution in [2.45, 2.75) is 96.3 Å². The maximum Gasteiger partial charge on any atom is 0.0270 e. The Labute approximate surface area is 325 Å². The second-order valence-corrected chi connectivity index (χ2v) is 17.4. The summed E-state index contributed by atoms with van der Waals surface area (Å²) in [5.74, 6) is 0. The van der Waals surface area contributed by atoms with E-state index >= 15 is 0 Å². The second-order valence-electron chi connectivity index (χ2n) is 15.5. The van der Waals surface area contributed by atoms with E-state index < -0.39 is 0 Å². The zero-order valence-corrected chi connectivity index (χ0v) is 33.7. The Balaban J connectivity index is 1.41. The van der Waals surface area contributed by atoms with Crippen molar-refractivity contribution >= 4 is 47.0 Å². The smallest absolute Gasteiger partial charge is 0.0270 e. The maximum absolute atomic E-state index is 2.56. The third-order valence-corrected chi connectivity index (χ3v) is 15.6. The molecule has 0 atom stereocenters. The van der Waals surface area contributed by atoms with E-state index in [0.717, 1.165) is 38.5 Å². The van der Waals surface area contributed by atoms with Gasteiger partial charge in [-0.2, -0.15) is 0 Å². The number of rotatable bonds is 10. The van der Waals surface area contributed by atoms with Crippen molar-refractivity contribution in [2.24, 2.45) is 0 Å². The van der Waals surface area contributed by atoms with Gasteiger partial charge in [-0.25, -0.2) is 0 Å². The molecule has 0 saturated heterocycles. The van der Waals surface area contributed by atoms with E-state index in [1.54, 1.807) is 56.1 Å². The van der Waals surface area contributed by atoms with Crippen LogP contribution in [-0.2, 0) is 16.2 Å². The summed E-state index contributed by atoms with van der Waals surface area (Å²) in [5, 5.41) is 4.33. The van der Waals surface area contributed by atoms with Crippen molar-refractivity contribution in [3.8, 4) is 33.4 Å². The molecule has 0 amide bonds. The number of fused-ring (bicyclic) bond motifs is 12. The third-order valence-electron chi connectivity index (χ3n) is 13.9. The van der Waals surface area contributed by atoms with Gasteiger partial charge in [-0.3, -0.25) is 0 Å². The normalized spacial score (nSPS) is 16.5. The van der Waals surface area contributed by atoms with Crippen molar-refractivity contribution < 1.29 is 0 Å². The lowest BCUT2D eigenvalue weighted by Crippen LogP contribution is -2.29. The Kier molecular flexibility index (Phi) is 8.44. The largest absolute Gasteiger partial charge is 0.144 e. The molecule has 4 aromatic carbocycles. The molecule has 0 saturated carbocycles. The van der Waals surface area contributed by atoms with Gasteiger partial charge in [0, 0.05) is 26.0 Å². The Morgan fingerprint density at radius 3 is 1.21 bits per heavy atom. The van der Waals surface area contributed by atoms with Crippen LogP contribution in [0.2, 0.25) is 0 Å². The van der Waals surface area contributed by atoms with Gasteiger partial charge < -0.3 is 0 Å². The van der Waals surface area contributed by atoms with Crippen LogP contribution in [0.25, 0.3) is 57.7 Å². The van der Waals surface area contributed by atoms with Crippen LogP contribution in [0.3, 0.4) is 0 Å². The lowest BCUT2D eigenvalue weighted by molar-refractivity contribution is 0.473. The van der Waals surface area contributed by atoms with E-state index in [4.69, 9.17) is 0 Å². The van der Waals surface area contributed by atoms with Gasteiger partial charge in [0.2, 0.25) is 0 Å². The molecule has 0 radical (unpaired) electrons.